The molecular formula is C14H22N2O2. The first-order chi connectivity index (χ1) is 8.71. The predicted octanol–water partition coefficient (Wildman–Crippen LogP) is 3.73. The zero-order valence-corrected chi connectivity index (χ0v) is 11.4. The summed E-state index contributed by atoms with van der Waals surface area (Å²) in [4.78, 5) is 7.98. The molecule has 0 spiro atoms. The Morgan fingerprint density at radius 1 is 1.39 bits per heavy atom. The third kappa shape index (κ3) is 2.15. The largest absolute Gasteiger partial charge is 0.491 e. The number of H-pyrrole nitrogens is 1. The molecule has 100 valence electrons. The van der Waals surface area contributed by atoms with E-state index in [0.29, 0.717) is 18.3 Å². The van der Waals surface area contributed by atoms with Crippen LogP contribution in [0.5, 0.6) is 11.5 Å². The fourth-order valence-electron chi connectivity index (χ4n) is 1.94. The Labute approximate surface area is 109 Å². The molecule has 1 aromatic heterocycles. The van der Waals surface area contributed by atoms with Gasteiger partial charge >= 0.3 is 0 Å². The molecule has 1 aromatic carbocycles. The molecule has 0 aliphatic heterocycles. The van der Waals surface area contributed by atoms with Crippen LogP contribution in [0.4, 0.5) is 0 Å². The first-order valence-corrected chi connectivity index (χ1v) is 6.40. The lowest BCUT2D eigenvalue weighted by atomic mass is 10.1. The average Bonchev–Trinajstić information content (AvgIpc) is 2.82. The Kier molecular flexibility index (Phi) is 3.75. The maximum atomic E-state index is 5.55. The highest BCUT2D eigenvalue weighted by Crippen LogP contribution is 2.35. The number of fused-ring (bicyclic) bond motifs is 1. The second-order valence-electron chi connectivity index (χ2n) is 4.36. The summed E-state index contributed by atoms with van der Waals surface area (Å²) < 4.78 is 11.0. The van der Waals surface area contributed by atoms with Crippen LogP contribution in [0.15, 0.2) is 12.1 Å². The highest BCUT2D eigenvalue weighted by Gasteiger charge is 2.15. The minimum Gasteiger partial charge on any atom is -0.491 e. The lowest BCUT2D eigenvalue weighted by Crippen LogP contribution is -1.96. The van der Waals surface area contributed by atoms with E-state index < -0.39 is 0 Å². The molecule has 0 saturated heterocycles. The van der Waals surface area contributed by atoms with Gasteiger partial charge < -0.3 is 14.5 Å². The maximum Gasteiger partial charge on any atom is 0.188 e. The second-order valence-corrected chi connectivity index (χ2v) is 4.36. The monoisotopic (exact) mass is 250 g/mol. The van der Waals surface area contributed by atoms with Crippen LogP contribution in [0.25, 0.3) is 11.0 Å². The summed E-state index contributed by atoms with van der Waals surface area (Å²) in [6, 6.07) is 3.91. The van der Waals surface area contributed by atoms with E-state index in [4.69, 9.17) is 9.47 Å². The fourth-order valence-corrected chi connectivity index (χ4v) is 1.94. The van der Waals surface area contributed by atoms with E-state index in [1.165, 1.54) is 0 Å². The van der Waals surface area contributed by atoms with Crippen molar-refractivity contribution >= 4 is 11.0 Å². The molecular weight excluding hydrogens is 228 g/mol. The minimum atomic E-state index is 0. The molecule has 1 atom stereocenters. The van der Waals surface area contributed by atoms with E-state index in [-0.39, 0.29) is 1.43 Å². The van der Waals surface area contributed by atoms with Crippen molar-refractivity contribution in [2.24, 2.45) is 0 Å². The third-order valence-electron chi connectivity index (χ3n) is 3.17. The summed E-state index contributed by atoms with van der Waals surface area (Å²) in [5.41, 5.74) is 1.84. The van der Waals surface area contributed by atoms with Crippen LogP contribution >= 0.6 is 0 Å². The van der Waals surface area contributed by atoms with Crippen LogP contribution in [0.2, 0.25) is 0 Å². The molecule has 0 bridgehead atoms. The normalized spacial score (nSPS) is 12.7. The van der Waals surface area contributed by atoms with Crippen molar-refractivity contribution in [3.63, 3.8) is 0 Å². The number of methoxy groups -OCH3 is 1. The second kappa shape index (κ2) is 5.29. The Morgan fingerprint density at radius 3 is 2.78 bits per heavy atom. The van der Waals surface area contributed by atoms with Gasteiger partial charge in [0.15, 0.2) is 11.5 Å². The number of ether oxygens (including phenoxy) is 2. The molecule has 0 fully saturated rings. The topological polar surface area (TPSA) is 47.1 Å². The number of aromatic nitrogens is 2. The van der Waals surface area contributed by atoms with Gasteiger partial charge in [-0.25, -0.2) is 4.98 Å². The Bertz CT molecular complexity index is 539. The minimum absolute atomic E-state index is 0. The molecule has 18 heavy (non-hydrogen) atoms. The molecule has 2 aromatic rings. The predicted molar refractivity (Wildman–Crippen MR) is 74.6 cm³/mol. The molecule has 1 heterocycles. The number of hydrogen-bond donors (Lipinski definition) is 1. The number of nitrogens with zero attached hydrogens (tertiary/aromatic N) is 1. The molecule has 1 unspecified atom stereocenters. The quantitative estimate of drug-likeness (QED) is 0.879. The summed E-state index contributed by atoms with van der Waals surface area (Å²) in [7, 11) is 1.65. The van der Waals surface area contributed by atoms with E-state index in [1.807, 2.05) is 19.1 Å². The van der Waals surface area contributed by atoms with Gasteiger partial charge in [-0.1, -0.05) is 13.8 Å². The number of imidazole rings is 1. The highest BCUT2D eigenvalue weighted by molar-refractivity contribution is 5.85. The first kappa shape index (κ1) is 12.7. The van der Waals surface area contributed by atoms with Crippen LogP contribution in [0.3, 0.4) is 0 Å². The molecule has 0 aliphatic rings. The lowest BCUT2D eigenvalue weighted by Gasteiger charge is -2.08. The number of hydrogen-bond acceptors (Lipinski definition) is 3. The van der Waals surface area contributed by atoms with Gasteiger partial charge in [0, 0.05) is 7.34 Å². The summed E-state index contributed by atoms with van der Waals surface area (Å²) in [5.74, 6) is 2.87. The number of rotatable bonds is 5. The standard InChI is InChI=1S/C14H20N2O2.H2/c1-5-9(3)14-15-10-7-8-11(18-6-2)13(17-4)12(10)16-14;/h7-9H,5-6H2,1-4H3,(H,15,16);1H. The molecule has 0 amide bonds. The number of aromatic amines is 1. The summed E-state index contributed by atoms with van der Waals surface area (Å²) in [6.45, 7) is 6.89. The van der Waals surface area contributed by atoms with Crippen molar-refractivity contribution in [3.05, 3.63) is 18.0 Å². The van der Waals surface area contributed by atoms with Crippen LogP contribution in [0, 0.1) is 0 Å². The third-order valence-corrected chi connectivity index (χ3v) is 3.17. The summed E-state index contributed by atoms with van der Waals surface area (Å²) in [5, 5.41) is 0. The van der Waals surface area contributed by atoms with Crippen molar-refractivity contribution in [2.45, 2.75) is 33.1 Å². The fraction of sp³-hybridized carbons (Fsp3) is 0.500. The molecule has 4 nitrogen and oxygen atoms in total. The number of nitrogens with one attached hydrogen (secondary N) is 1. The Balaban J connectivity index is 0.00000180. The van der Waals surface area contributed by atoms with Crippen LogP contribution in [0.1, 0.15) is 40.4 Å². The zero-order valence-electron chi connectivity index (χ0n) is 11.4. The summed E-state index contributed by atoms with van der Waals surface area (Å²) >= 11 is 0. The molecule has 0 radical (unpaired) electrons. The molecule has 4 heteroatoms. The van der Waals surface area contributed by atoms with E-state index in [0.717, 1.165) is 29.0 Å². The van der Waals surface area contributed by atoms with Gasteiger partial charge in [-0.05, 0) is 25.5 Å². The van der Waals surface area contributed by atoms with E-state index in [1.54, 1.807) is 7.11 Å². The SMILES string of the molecule is CCOc1ccc2[nH]c(C(C)CC)nc2c1OC.[HH]. The van der Waals surface area contributed by atoms with E-state index in [2.05, 4.69) is 23.8 Å². The maximum absolute atomic E-state index is 5.55. The lowest BCUT2D eigenvalue weighted by molar-refractivity contribution is 0.313. The van der Waals surface area contributed by atoms with E-state index in [9.17, 15) is 0 Å². The molecule has 1 N–H and O–H groups in total. The highest BCUT2D eigenvalue weighted by atomic mass is 16.5. The van der Waals surface area contributed by atoms with Gasteiger partial charge in [0.1, 0.15) is 11.3 Å². The van der Waals surface area contributed by atoms with Gasteiger partial charge in [-0.3, -0.25) is 0 Å². The first-order valence-electron chi connectivity index (χ1n) is 6.40. The Morgan fingerprint density at radius 2 is 2.17 bits per heavy atom. The van der Waals surface area contributed by atoms with Crippen molar-refractivity contribution in [2.75, 3.05) is 13.7 Å². The summed E-state index contributed by atoms with van der Waals surface area (Å²) in [6.07, 6.45) is 1.06. The van der Waals surface area contributed by atoms with Crippen LogP contribution < -0.4 is 9.47 Å². The average molecular weight is 250 g/mol. The van der Waals surface area contributed by atoms with E-state index >= 15 is 0 Å². The smallest absolute Gasteiger partial charge is 0.188 e. The zero-order chi connectivity index (χ0) is 13.1. The van der Waals surface area contributed by atoms with Gasteiger partial charge in [-0.2, -0.15) is 0 Å². The van der Waals surface area contributed by atoms with Crippen LogP contribution in [-0.4, -0.2) is 23.7 Å². The van der Waals surface area contributed by atoms with Crippen molar-refractivity contribution in [3.8, 4) is 11.5 Å². The van der Waals surface area contributed by atoms with Gasteiger partial charge in [0.25, 0.3) is 0 Å². The van der Waals surface area contributed by atoms with Gasteiger partial charge in [0.2, 0.25) is 0 Å². The van der Waals surface area contributed by atoms with Crippen LogP contribution in [-0.2, 0) is 0 Å². The van der Waals surface area contributed by atoms with Crippen molar-refractivity contribution in [1.29, 1.82) is 0 Å². The molecule has 0 saturated carbocycles. The molecule has 0 aliphatic carbocycles. The number of benzene rings is 1. The molecule has 2 rings (SSSR count). The van der Waals surface area contributed by atoms with Crippen molar-refractivity contribution < 1.29 is 10.9 Å². The van der Waals surface area contributed by atoms with Gasteiger partial charge in [0.05, 0.1) is 19.2 Å². The van der Waals surface area contributed by atoms with Crippen molar-refractivity contribution in [1.82, 2.24) is 9.97 Å². The van der Waals surface area contributed by atoms with Gasteiger partial charge in [-0.15, -0.1) is 0 Å². The Hall–Kier alpha value is -1.71.